The van der Waals surface area contributed by atoms with E-state index in [1.54, 1.807) is 0 Å². The molecule has 0 bridgehead atoms. The van der Waals surface area contributed by atoms with E-state index in [9.17, 15) is 0 Å². The van der Waals surface area contributed by atoms with E-state index in [1.165, 1.54) is 91.3 Å². The molecule has 3 saturated heterocycles. The molecule has 4 heteroatoms. The fraction of sp³-hybridized carbons (Fsp3) is 1.00. The zero-order chi connectivity index (χ0) is 13.8. The lowest BCUT2D eigenvalue weighted by Gasteiger charge is -2.39. The van der Waals surface area contributed by atoms with Crippen LogP contribution >= 0.6 is 0 Å². The number of hydrogen-bond donors (Lipinski definition) is 1. The van der Waals surface area contributed by atoms with Gasteiger partial charge in [0.2, 0.25) is 0 Å². The quantitative estimate of drug-likeness (QED) is 0.800. The van der Waals surface area contributed by atoms with E-state index in [0.29, 0.717) is 5.41 Å². The van der Waals surface area contributed by atoms with Crippen LogP contribution in [0.15, 0.2) is 0 Å². The minimum absolute atomic E-state index is 0.526. The van der Waals surface area contributed by atoms with Crippen molar-refractivity contribution in [2.75, 3.05) is 72.0 Å². The number of nitrogens with one attached hydrogen (secondary N) is 1. The highest BCUT2D eigenvalue weighted by atomic mass is 15.3. The van der Waals surface area contributed by atoms with Crippen molar-refractivity contribution in [2.45, 2.75) is 26.2 Å². The number of hydrogen-bond acceptors (Lipinski definition) is 4. The van der Waals surface area contributed by atoms with Crippen LogP contribution in [0.2, 0.25) is 0 Å². The van der Waals surface area contributed by atoms with Crippen LogP contribution in [0.4, 0.5) is 0 Å². The maximum atomic E-state index is 3.52. The van der Waals surface area contributed by atoms with Gasteiger partial charge in [-0.25, -0.2) is 0 Å². The lowest BCUT2D eigenvalue weighted by atomic mass is 9.89. The van der Waals surface area contributed by atoms with E-state index >= 15 is 0 Å². The molecular formula is C16H32N4. The molecule has 3 aliphatic heterocycles. The number of piperazine rings is 1. The molecule has 0 saturated carbocycles. The molecule has 1 N–H and O–H groups in total. The van der Waals surface area contributed by atoms with Crippen LogP contribution in [-0.2, 0) is 0 Å². The third kappa shape index (κ3) is 3.94. The SMILES string of the molecule is CC1(CN2CCN(CCN3CCCC3)CC2)CCNC1. The van der Waals surface area contributed by atoms with Crippen molar-refractivity contribution in [3.05, 3.63) is 0 Å². The summed E-state index contributed by atoms with van der Waals surface area (Å²) in [6.45, 7) is 16.5. The predicted molar refractivity (Wildman–Crippen MR) is 84.1 cm³/mol. The maximum absolute atomic E-state index is 3.52. The number of nitrogens with zero attached hydrogens (tertiary/aromatic N) is 3. The standard InChI is InChI=1S/C16H32N4/c1-16(4-5-17-14-16)15-20-12-10-19(11-13-20)9-8-18-6-2-3-7-18/h17H,2-15H2,1H3. The second kappa shape index (κ2) is 6.73. The molecule has 1 unspecified atom stereocenters. The van der Waals surface area contributed by atoms with Crippen LogP contribution in [0, 0.1) is 5.41 Å². The van der Waals surface area contributed by atoms with E-state index in [0.717, 1.165) is 0 Å². The van der Waals surface area contributed by atoms with Crippen molar-refractivity contribution in [3.63, 3.8) is 0 Å². The molecule has 0 aromatic rings. The molecule has 4 nitrogen and oxygen atoms in total. The molecule has 0 aliphatic carbocycles. The molecule has 20 heavy (non-hydrogen) atoms. The Hall–Kier alpha value is -0.160. The molecule has 0 aromatic heterocycles. The van der Waals surface area contributed by atoms with Gasteiger partial charge in [-0.2, -0.15) is 0 Å². The Morgan fingerprint density at radius 3 is 2.05 bits per heavy atom. The fourth-order valence-electron chi connectivity index (χ4n) is 4.00. The summed E-state index contributed by atoms with van der Waals surface area (Å²) >= 11 is 0. The molecule has 0 radical (unpaired) electrons. The minimum Gasteiger partial charge on any atom is -0.316 e. The van der Waals surface area contributed by atoms with Crippen molar-refractivity contribution in [3.8, 4) is 0 Å². The molecule has 0 aromatic carbocycles. The summed E-state index contributed by atoms with van der Waals surface area (Å²) in [6.07, 6.45) is 4.18. The molecular weight excluding hydrogens is 248 g/mol. The first kappa shape index (κ1) is 14.8. The van der Waals surface area contributed by atoms with Gasteiger partial charge < -0.3 is 15.1 Å². The van der Waals surface area contributed by atoms with Gasteiger partial charge in [0.1, 0.15) is 0 Å². The van der Waals surface area contributed by atoms with Gasteiger partial charge in [-0.3, -0.25) is 4.90 Å². The Kier molecular flexibility index (Phi) is 4.97. The average Bonchev–Trinajstić information content (AvgIpc) is 3.10. The number of likely N-dealkylation sites (tertiary alicyclic amines) is 1. The van der Waals surface area contributed by atoms with E-state index in [-0.39, 0.29) is 0 Å². The van der Waals surface area contributed by atoms with E-state index < -0.39 is 0 Å². The highest BCUT2D eigenvalue weighted by Gasteiger charge is 2.31. The average molecular weight is 280 g/mol. The highest BCUT2D eigenvalue weighted by Crippen LogP contribution is 2.26. The van der Waals surface area contributed by atoms with Crippen molar-refractivity contribution in [1.29, 1.82) is 0 Å². The highest BCUT2D eigenvalue weighted by molar-refractivity contribution is 4.88. The summed E-state index contributed by atoms with van der Waals surface area (Å²) in [4.78, 5) is 8.00. The van der Waals surface area contributed by atoms with Gasteiger partial charge in [0.05, 0.1) is 0 Å². The third-order valence-corrected chi connectivity index (χ3v) is 5.46. The molecule has 3 rings (SSSR count). The Bertz CT molecular complexity index is 287. The van der Waals surface area contributed by atoms with Crippen molar-refractivity contribution >= 4 is 0 Å². The zero-order valence-corrected chi connectivity index (χ0v) is 13.2. The van der Waals surface area contributed by atoms with Crippen LogP contribution in [0.3, 0.4) is 0 Å². The van der Waals surface area contributed by atoms with Crippen LogP contribution in [0.5, 0.6) is 0 Å². The lowest BCUT2D eigenvalue weighted by molar-refractivity contribution is 0.0915. The molecule has 0 spiro atoms. The van der Waals surface area contributed by atoms with Gasteiger partial charge in [-0.15, -0.1) is 0 Å². The van der Waals surface area contributed by atoms with Crippen molar-refractivity contribution in [2.24, 2.45) is 5.41 Å². The Balaban J connectivity index is 1.34. The first-order valence-electron chi connectivity index (χ1n) is 8.61. The van der Waals surface area contributed by atoms with E-state index in [2.05, 4.69) is 26.9 Å². The van der Waals surface area contributed by atoms with Gasteiger partial charge in [-0.05, 0) is 44.3 Å². The second-order valence-electron chi connectivity index (χ2n) is 7.40. The smallest absolute Gasteiger partial charge is 0.0110 e. The largest absolute Gasteiger partial charge is 0.316 e. The van der Waals surface area contributed by atoms with Gasteiger partial charge >= 0.3 is 0 Å². The second-order valence-corrected chi connectivity index (χ2v) is 7.40. The van der Waals surface area contributed by atoms with Gasteiger partial charge in [0, 0.05) is 52.4 Å². The number of rotatable bonds is 5. The van der Waals surface area contributed by atoms with Crippen LogP contribution in [-0.4, -0.2) is 86.7 Å². The zero-order valence-electron chi connectivity index (χ0n) is 13.2. The van der Waals surface area contributed by atoms with Gasteiger partial charge in [0.15, 0.2) is 0 Å². The third-order valence-electron chi connectivity index (χ3n) is 5.46. The minimum atomic E-state index is 0.526. The molecule has 3 fully saturated rings. The monoisotopic (exact) mass is 280 g/mol. The topological polar surface area (TPSA) is 21.8 Å². The fourth-order valence-corrected chi connectivity index (χ4v) is 4.00. The van der Waals surface area contributed by atoms with Gasteiger partial charge in [-0.1, -0.05) is 6.92 Å². The van der Waals surface area contributed by atoms with Gasteiger partial charge in [0.25, 0.3) is 0 Å². The van der Waals surface area contributed by atoms with Crippen LogP contribution < -0.4 is 5.32 Å². The summed E-state index contributed by atoms with van der Waals surface area (Å²) in [5.74, 6) is 0. The Morgan fingerprint density at radius 2 is 1.45 bits per heavy atom. The predicted octanol–water partition coefficient (Wildman–Crippen LogP) is 0.699. The normalized spacial score (nSPS) is 34.0. The maximum Gasteiger partial charge on any atom is 0.0110 e. The molecule has 0 amide bonds. The molecule has 116 valence electrons. The molecule has 3 aliphatic rings. The first-order chi connectivity index (χ1) is 9.73. The van der Waals surface area contributed by atoms with E-state index in [1.807, 2.05) is 0 Å². The summed E-state index contributed by atoms with van der Waals surface area (Å²) in [5, 5.41) is 3.52. The summed E-state index contributed by atoms with van der Waals surface area (Å²) in [6, 6.07) is 0. The Labute approximate surface area is 124 Å². The molecule has 1 atom stereocenters. The Morgan fingerprint density at radius 1 is 0.850 bits per heavy atom. The van der Waals surface area contributed by atoms with Crippen molar-refractivity contribution in [1.82, 2.24) is 20.0 Å². The van der Waals surface area contributed by atoms with Crippen LogP contribution in [0.25, 0.3) is 0 Å². The van der Waals surface area contributed by atoms with Crippen LogP contribution in [0.1, 0.15) is 26.2 Å². The molecule has 3 heterocycles. The summed E-state index contributed by atoms with van der Waals surface area (Å²) < 4.78 is 0. The summed E-state index contributed by atoms with van der Waals surface area (Å²) in [5.41, 5.74) is 0.526. The lowest BCUT2D eigenvalue weighted by Crippen LogP contribution is -2.51. The van der Waals surface area contributed by atoms with Crippen molar-refractivity contribution < 1.29 is 0 Å². The van der Waals surface area contributed by atoms with E-state index in [4.69, 9.17) is 0 Å². The first-order valence-corrected chi connectivity index (χ1v) is 8.61. The summed E-state index contributed by atoms with van der Waals surface area (Å²) in [7, 11) is 0.